The van der Waals surface area contributed by atoms with Crippen LogP contribution in [-0.4, -0.2) is 33.1 Å². The molecule has 0 unspecified atom stereocenters. The number of furan rings is 1. The van der Waals surface area contributed by atoms with Gasteiger partial charge in [-0.05, 0) is 30.5 Å². The minimum Gasteiger partial charge on any atom is -0.472 e. The summed E-state index contributed by atoms with van der Waals surface area (Å²) < 4.78 is 11.0. The highest BCUT2D eigenvalue weighted by molar-refractivity contribution is 5.23. The molecule has 27 heavy (non-hydrogen) atoms. The first kappa shape index (κ1) is 16.7. The van der Waals surface area contributed by atoms with E-state index in [1.165, 1.54) is 36.8 Å². The van der Waals surface area contributed by atoms with Crippen LogP contribution in [0, 0.1) is 0 Å². The van der Waals surface area contributed by atoms with E-state index in [9.17, 15) is 0 Å². The predicted molar refractivity (Wildman–Crippen MR) is 99.2 cm³/mol. The molecule has 1 aliphatic heterocycles. The Balaban J connectivity index is 1.40. The standard InChI is InChI=1S/C21H24N4O2/c1-2-5-16(4-1)20-23-21(27-24-20)19-13-25(11-15-7-9-26-14-15)12-18(19)17-6-3-8-22-10-17/h3,6-10,14,16,18-19H,1-2,4-5,11-13H2/t18-,19+/m0/s1. The molecule has 1 saturated heterocycles. The van der Waals surface area contributed by atoms with E-state index in [4.69, 9.17) is 13.9 Å². The second-order valence-electron chi connectivity index (χ2n) is 7.80. The van der Waals surface area contributed by atoms with E-state index in [-0.39, 0.29) is 5.92 Å². The molecule has 2 atom stereocenters. The van der Waals surface area contributed by atoms with Gasteiger partial charge in [-0.1, -0.05) is 24.1 Å². The average Bonchev–Trinajstić information content (AvgIpc) is 3.48. The number of likely N-dealkylation sites (tertiary alicyclic amines) is 1. The Morgan fingerprint density at radius 3 is 2.78 bits per heavy atom. The summed E-state index contributed by atoms with van der Waals surface area (Å²) in [6.45, 7) is 2.72. The molecule has 0 amide bonds. The molecular formula is C21H24N4O2. The fourth-order valence-electron chi connectivity index (χ4n) is 4.59. The Kier molecular flexibility index (Phi) is 4.49. The number of pyridine rings is 1. The lowest BCUT2D eigenvalue weighted by Gasteiger charge is -2.15. The summed E-state index contributed by atoms with van der Waals surface area (Å²) in [6.07, 6.45) is 12.2. The van der Waals surface area contributed by atoms with Gasteiger partial charge in [0.15, 0.2) is 5.82 Å². The zero-order chi connectivity index (χ0) is 18.1. The van der Waals surface area contributed by atoms with E-state index in [1.54, 1.807) is 6.26 Å². The zero-order valence-corrected chi connectivity index (χ0v) is 15.3. The van der Waals surface area contributed by atoms with Gasteiger partial charge in [0.2, 0.25) is 5.89 Å². The van der Waals surface area contributed by atoms with Crippen LogP contribution in [0.2, 0.25) is 0 Å². The summed E-state index contributed by atoms with van der Waals surface area (Å²) in [7, 11) is 0. The maximum atomic E-state index is 5.77. The summed E-state index contributed by atoms with van der Waals surface area (Å²) in [5, 5.41) is 4.34. The molecule has 4 heterocycles. The third-order valence-electron chi connectivity index (χ3n) is 5.99. The van der Waals surface area contributed by atoms with Crippen molar-refractivity contribution in [2.75, 3.05) is 13.1 Å². The Hall–Kier alpha value is -2.47. The average molecular weight is 364 g/mol. The van der Waals surface area contributed by atoms with E-state index < -0.39 is 0 Å². The first-order valence-corrected chi connectivity index (χ1v) is 9.83. The second-order valence-corrected chi connectivity index (χ2v) is 7.80. The van der Waals surface area contributed by atoms with Gasteiger partial charge in [0.1, 0.15) is 0 Å². The van der Waals surface area contributed by atoms with E-state index in [0.717, 1.165) is 31.3 Å². The van der Waals surface area contributed by atoms with Crippen molar-refractivity contribution in [2.45, 2.75) is 50.0 Å². The van der Waals surface area contributed by atoms with Crippen molar-refractivity contribution >= 4 is 0 Å². The van der Waals surface area contributed by atoms with Gasteiger partial charge in [-0.15, -0.1) is 0 Å². The van der Waals surface area contributed by atoms with Crippen LogP contribution in [0.15, 0.2) is 52.1 Å². The SMILES string of the molecule is c1cncc([C@@H]2CN(Cc3ccoc3)C[C@H]2c2nc(C3CCCC3)no2)c1. The topological polar surface area (TPSA) is 68.2 Å². The third-order valence-corrected chi connectivity index (χ3v) is 5.99. The third kappa shape index (κ3) is 3.41. The predicted octanol–water partition coefficient (Wildman–Crippen LogP) is 4.10. The van der Waals surface area contributed by atoms with Crippen molar-refractivity contribution in [2.24, 2.45) is 0 Å². The second kappa shape index (κ2) is 7.27. The molecule has 5 rings (SSSR count). The molecular weight excluding hydrogens is 340 g/mol. The Labute approximate surface area is 158 Å². The highest BCUT2D eigenvalue weighted by atomic mass is 16.5. The summed E-state index contributed by atoms with van der Waals surface area (Å²) in [5.74, 6) is 2.66. The van der Waals surface area contributed by atoms with Gasteiger partial charge in [-0.3, -0.25) is 9.88 Å². The van der Waals surface area contributed by atoms with Gasteiger partial charge < -0.3 is 8.94 Å². The molecule has 1 aliphatic carbocycles. The summed E-state index contributed by atoms with van der Waals surface area (Å²) in [4.78, 5) is 11.6. The van der Waals surface area contributed by atoms with Crippen LogP contribution in [0.3, 0.4) is 0 Å². The molecule has 2 aliphatic rings. The maximum Gasteiger partial charge on any atom is 0.231 e. The normalized spacial score (nSPS) is 24.0. The van der Waals surface area contributed by atoms with Crippen molar-refractivity contribution in [3.05, 3.63) is 66.0 Å². The van der Waals surface area contributed by atoms with Crippen LogP contribution in [0.1, 0.15) is 66.3 Å². The lowest BCUT2D eigenvalue weighted by molar-refractivity contribution is 0.307. The molecule has 6 nitrogen and oxygen atoms in total. The summed E-state index contributed by atoms with van der Waals surface area (Å²) >= 11 is 0. The van der Waals surface area contributed by atoms with Crippen LogP contribution >= 0.6 is 0 Å². The van der Waals surface area contributed by atoms with Crippen LogP contribution in [0.4, 0.5) is 0 Å². The number of rotatable bonds is 5. The van der Waals surface area contributed by atoms with Crippen molar-refractivity contribution in [1.29, 1.82) is 0 Å². The quantitative estimate of drug-likeness (QED) is 0.679. The molecule has 0 N–H and O–H groups in total. The molecule has 140 valence electrons. The first-order chi connectivity index (χ1) is 13.4. The van der Waals surface area contributed by atoms with E-state index in [1.807, 2.05) is 30.8 Å². The Morgan fingerprint density at radius 1 is 1.11 bits per heavy atom. The number of hydrogen-bond donors (Lipinski definition) is 0. The van der Waals surface area contributed by atoms with E-state index in [2.05, 4.69) is 21.1 Å². The zero-order valence-electron chi connectivity index (χ0n) is 15.3. The van der Waals surface area contributed by atoms with E-state index >= 15 is 0 Å². The van der Waals surface area contributed by atoms with Crippen LogP contribution in [0.5, 0.6) is 0 Å². The molecule has 1 saturated carbocycles. The van der Waals surface area contributed by atoms with Crippen LogP contribution in [-0.2, 0) is 6.54 Å². The maximum absolute atomic E-state index is 5.77. The number of hydrogen-bond acceptors (Lipinski definition) is 6. The van der Waals surface area contributed by atoms with Gasteiger partial charge in [0.25, 0.3) is 0 Å². The van der Waals surface area contributed by atoms with E-state index in [0.29, 0.717) is 11.8 Å². The molecule has 0 radical (unpaired) electrons. The van der Waals surface area contributed by atoms with Gasteiger partial charge in [-0.2, -0.15) is 4.98 Å². The molecule has 3 aromatic heterocycles. The van der Waals surface area contributed by atoms with Gasteiger partial charge in [-0.25, -0.2) is 0 Å². The lowest BCUT2D eigenvalue weighted by Crippen LogP contribution is -2.19. The largest absolute Gasteiger partial charge is 0.472 e. The van der Waals surface area contributed by atoms with Gasteiger partial charge in [0.05, 0.1) is 18.4 Å². The molecule has 0 aromatic carbocycles. The monoisotopic (exact) mass is 364 g/mol. The molecule has 2 fully saturated rings. The molecule has 3 aromatic rings. The van der Waals surface area contributed by atoms with Crippen molar-refractivity contribution < 1.29 is 8.94 Å². The van der Waals surface area contributed by atoms with Crippen molar-refractivity contribution in [3.63, 3.8) is 0 Å². The number of aromatic nitrogens is 3. The minimum absolute atomic E-state index is 0.198. The summed E-state index contributed by atoms with van der Waals surface area (Å²) in [6, 6.07) is 6.18. The van der Waals surface area contributed by atoms with Crippen LogP contribution < -0.4 is 0 Å². The fourth-order valence-corrected chi connectivity index (χ4v) is 4.59. The number of nitrogens with zero attached hydrogens (tertiary/aromatic N) is 4. The highest BCUT2D eigenvalue weighted by Gasteiger charge is 2.39. The van der Waals surface area contributed by atoms with Gasteiger partial charge >= 0.3 is 0 Å². The van der Waals surface area contributed by atoms with Gasteiger partial charge in [0, 0.05) is 49.4 Å². The Morgan fingerprint density at radius 2 is 2.00 bits per heavy atom. The van der Waals surface area contributed by atoms with Crippen LogP contribution in [0.25, 0.3) is 0 Å². The summed E-state index contributed by atoms with van der Waals surface area (Å²) in [5.41, 5.74) is 2.43. The molecule has 6 heteroatoms. The molecule has 0 spiro atoms. The lowest BCUT2D eigenvalue weighted by atomic mass is 9.90. The highest BCUT2D eigenvalue weighted by Crippen LogP contribution is 2.40. The smallest absolute Gasteiger partial charge is 0.231 e. The fraction of sp³-hybridized carbons (Fsp3) is 0.476. The van der Waals surface area contributed by atoms with Crippen molar-refractivity contribution in [3.8, 4) is 0 Å². The molecule has 0 bridgehead atoms. The minimum atomic E-state index is 0.198. The Bertz CT molecular complexity index is 855. The van der Waals surface area contributed by atoms with Crippen molar-refractivity contribution in [1.82, 2.24) is 20.0 Å². The first-order valence-electron chi connectivity index (χ1n) is 9.83.